The summed E-state index contributed by atoms with van der Waals surface area (Å²) >= 11 is 0. The van der Waals surface area contributed by atoms with Gasteiger partial charge in [-0.05, 0) is 19.3 Å². The monoisotopic (exact) mass is 227 g/mol. The molecule has 0 radical (unpaired) electrons. The van der Waals surface area contributed by atoms with Crippen LogP contribution in [0, 0.1) is 5.41 Å². The topological polar surface area (TPSA) is 66.4 Å². The van der Waals surface area contributed by atoms with Gasteiger partial charge in [-0.1, -0.05) is 32.6 Å². The quantitative estimate of drug-likeness (QED) is 0.721. The van der Waals surface area contributed by atoms with Gasteiger partial charge in [-0.2, -0.15) is 0 Å². The van der Waals surface area contributed by atoms with Gasteiger partial charge < -0.3 is 10.4 Å². The average Bonchev–Trinajstić information content (AvgIpc) is 2.51. The van der Waals surface area contributed by atoms with Gasteiger partial charge >= 0.3 is 5.97 Å². The average molecular weight is 227 g/mol. The zero-order valence-corrected chi connectivity index (χ0v) is 9.92. The molecule has 1 aliphatic carbocycles. The molecule has 4 heteroatoms. The van der Waals surface area contributed by atoms with E-state index in [1.54, 1.807) is 0 Å². The number of carboxylic acid groups (broad SMARTS) is 1. The largest absolute Gasteiger partial charge is 0.480 e. The molecule has 0 aliphatic heterocycles. The number of rotatable bonds is 4. The van der Waals surface area contributed by atoms with Crippen molar-refractivity contribution < 1.29 is 14.7 Å². The van der Waals surface area contributed by atoms with E-state index in [0.717, 1.165) is 32.1 Å². The molecule has 0 aromatic heterocycles. The standard InChI is InChI=1S/C12H21NO3/c1-2-12(7-5-3-4-6-8-12)11(16)13-9-10(14)15/h2-9H2,1H3,(H,13,16)(H,14,15). The maximum absolute atomic E-state index is 12.0. The SMILES string of the molecule is CCC1(C(=O)NCC(=O)O)CCCCCC1. The molecule has 1 saturated carbocycles. The first kappa shape index (κ1) is 13.0. The first-order chi connectivity index (χ1) is 7.60. The van der Waals surface area contributed by atoms with Gasteiger partial charge in [0.2, 0.25) is 5.91 Å². The lowest BCUT2D eigenvalue weighted by molar-refractivity contribution is -0.140. The summed E-state index contributed by atoms with van der Waals surface area (Å²) in [5, 5.41) is 11.1. The second-order valence-corrected chi connectivity index (χ2v) is 4.62. The second-order valence-electron chi connectivity index (χ2n) is 4.62. The van der Waals surface area contributed by atoms with E-state index in [0.29, 0.717) is 0 Å². The molecule has 2 N–H and O–H groups in total. The molecular weight excluding hydrogens is 206 g/mol. The summed E-state index contributed by atoms with van der Waals surface area (Å²) in [5.41, 5.74) is -0.314. The maximum atomic E-state index is 12.0. The highest BCUT2D eigenvalue weighted by Gasteiger charge is 2.36. The number of nitrogens with one attached hydrogen (secondary N) is 1. The minimum absolute atomic E-state index is 0.0701. The Morgan fingerprint density at radius 1 is 1.19 bits per heavy atom. The molecule has 0 saturated heterocycles. The third-order valence-corrected chi connectivity index (χ3v) is 3.62. The van der Waals surface area contributed by atoms with Crippen molar-refractivity contribution in [3.63, 3.8) is 0 Å². The van der Waals surface area contributed by atoms with Gasteiger partial charge in [0, 0.05) is 5.41 Å². The Morgan fingerprint density at radius 3 is 2.19 bits per heavy atom. The van der Waals surface area contributed by atoms with Crippen LogP contribution in [0.1, 0.15) is 51.9 Å². The summed E-state index contributed by atoms with van der Waals surface area (Å²) < 4.78 is 0. The van der Waals surface area contributed by atoms with E-state index in [1.165, 1.54) is 12.8 Å². The highest BCUT2D eigenvalue weighted by atomic mass is 16.4. The fourth-order valence-electron chi connectivity index (χ4n) is 2.49. The third-order valence-electron chi connectivity index (χ3n) is 3.62. The molecule has 1 aliphatic rings. The van der Waals surface area contributed by atoms with Crippen molar-refractivity contribution in [2.75, 3.05) is 6.54 Å². The van der Waals surface area contributed by atoms with Gasteiger partial charge in [0.05, 0.1) is 0 Å². The Balaban J connectivity index is 2.61. The summed E-state index contributed by atoms with van der Waals surface area (Å²) in [6.07, 6.45) is 7.13. The van der Waals surface area contributed by atoms with E-state index in [1.807, 2.05) is 6.92 Å². The van der Waals surface area contributed by atoms with Crippen LogP contribution in [-0.4, -0.2) is 23.5 Å². The minimum Gasteiger partial charge on any atom is -0.480 e. The molecule has 0 spiro atoms. The molecule has 0 aromatic rings. The van der Waals surface area contributed by atoms with E-state index < -0.39 is 5.97 Å². The first-order valence-electron chi connectivity index (χ1n) is 6.11. The van der Waals surface area contributed by atoms with Crippen LogP contribution in [0.15, 0.2) is 0 Å². The van der Waals surface area contributed by atoms with Crippen LogP contribution in [-0.2, 0) is 9.59 Å². The zero-order chi connectivity index (χ0) is 12.0. The van der Waals surface area contributed by atoms with Crippen LogP contribution in [0.2, 0.25) is 0 Å². The molecule has 0 bridgehead atoms. The number of carbonyl (C=O) groups excluding carboxylic acids is 1. The summed E-state index contributed by atoms with van der Waals surface area (Å²) in [5.74, 6) is -1.05. The van der Waals surface area contributed by atoms with Crippen molar-refractivity contribution in [2.24, 2.45) is 5.41 Å². The lowest BCUT2D eigenvalue weighted by Crippen LogP contribution is -2.42. The van der Waals surface area contributed by atoms with E-state index in [-0.39, 0.29) is 17.9 Å². The normalized spacial score (nSPS) is 19.8. The van der Waals surface area contributed by atoms with E-state index in [4.69, 9.17) is 5.11 Å². The van der Waals surface area contributed by atoms with Crippen LogP contribution in [0.4, 0.5) is 0 Å². The molecule has 1 fully saturated rings. The number of hydrogen-bond acceptors (Lipinski definition) is 2. The van der Waals surface area contributed by atoms with Crippen LogP contribution in [0.3, 0.4) is 0 Å². The molecular formula is C12H21NO3. The minimum atomic E-state index is -0.978. The van der Waals surface area contributed by atoms with Gasteiger partial charge in [0.25, 0.3) is 0 Å². The summed E-state index contributed by atoms with van der Waals surface area (Å²) in [4.78, 5) is 22.5. The first-order valence-corrected chi connectivity index (χ1v) is 6.11. The van der Waals surface area contributed by atoms with Crippen LogP contribution >= 0.6 is 0 Å². The Morgan fingerprint density at radius 2 is 1.75 bits per heavy atom. The third kappa shape index (κ3) is 3.22. The molecule has 0 aromatic carbocycles. The van der Waals surface area contributed by atoms with Crippen molar-refractivity contribution in [1.29, 1.82) is 0 Å². The van der Waals surface area contributed by atoms with E-state index >= 15 is 0 Å². The molecule has 0 unspecified atom stereocenters. The van der Waals surface area contributed by atoms with Crippen molar-refractivity contribution in [3.05, 3.63) is 0 Å². The predicted octanol–water partition coefficient (Wildman–Crippen LogP) is 1.94. The molecule has 0 atom stereocenters. The lowest BCUT2D eigenvalue weighted by atomic mass is 9.77. The Bertz CT molecular complexity index is 255. The number of carbonyl (C=O) groups is 2. The van der Waals surface area contributed by atoms with Gasteiger partial charge in [0.15, 0.2) is 0 Å². The van der Waals surface area contributed by atoms with E-state index in [2.05, 4.69) is 5.32 Å². The van der Waals surface area contributed by atoms with Crippen LogP contribution < -0.4 is 5.32 Å². The fraction of sp³-hybridized carbons (Fsp3) is 0.833. The smallest absolute Gasteiger partial charge is 0.322 e. The van der Waals surface area contributed by atoms with Crippen molar-refractivity contribution >= 4 is 11.9 Å². The molecule has 16 heavy (non-hydrogen) atoms. The molecule has 1 rings (SSSR count). The number of amides is 1. The Kier molecular flexibility index (Phi) is 4.77. The van der Waals surface area contributed by atoms with Crippen molar-refractivity contribution in [2.45, 2.75) is 51.9 Å². The molecule has 1 amide bonds. The Labute approximate surface area is 96.4 Å². The number of aliphatic carboxylic acids is 1. The second kappa shape index (κ2) is 5.87. The van der Waals surface area contributed by atoms with Gasteiger partial charge in [0.1, 0.15) is 6.54 Å². The highest BCUT2D eigenvalue weighted by Crippen LogP contribution is 2.38. The summed E-state index contributed by atoms with van der Waals surface area (Å²) in [6.45, 7) is 1.76. The highest BCUT2D eigenvalue weighted by molar-refractivity contribution is 5.85. The summed E-state index contributed by atoms with van der Waals surface area (Å²) in [7, 11) is 0. The van der Waals surface area contributed by atoms with Gasteiger partial charge in [-0.15, -0.1) is 0 Å². The predicted molar refractivity (Wildman–Crippen MR) is 61.1 cm³/mol. The molecule has 4 nitrogen and oxygen atoms in total. The van der Waals surface area contributed by atoms with Crippen LogP contribution in [0.25, 0.3) is 0 Å². The van der Waals surface area contributed by atoms with Gasteiger partial charge in [-0.3, -0.25) is 9.59 Å². The Hall–Kier alpha value is -1.06. The number of hydrogen-bond donors (Lipinski definition) is 2. The van der Waals surface area contributed by atoms with Crippen molar-refractivity contribution in [1.82, 2.24) is 5.32 Å². The van der Waals surface area contributed by atoms with Crippen molar-refractivity contribution in [3.8, 4) is 0 Å². The van der Waals surface area contributed by atoms with E-state index in [9.17, 15) is 9.59 Å². The number of carboxylic acids is 1. The summed E-state index contributed by atoms with van der Waals surface area (Å²) in [6, 6.07) is 0. The maximum Gasteiger partial charge on any atom is 0.322 e. The van der Waals surface area contributed by atoms with Crippen LogP contribution in [0.5, 0.6) is 0 Å². The molecule has 0 heterocycles. The lowest BCUT2D eigenvalue weighted by Gasteiger charge is -2.29. The molecule has 92 valence electrons. The zero-order valence-electron chi connectivity index (χ0n) is 9.92. The fourth-order valence-corrected chi connectivity index (χ4v) is 2.49. The van der Waals surface area contributed by atoms with Gasteiger partial charge in [-0.25, -0.2) is 0 Å².